The summed E-state index contributed by atoms with van der Waals surface area (Å²) in [4.78, 5) is 52.6. The minimum absolute atomic E-state index is 0.103. The molecule has 0 saturated carbocycles. The van der Waals surface area contributed by atoms with Crippen molar-refractivity contribution in [3.63, 3.8) is 0 Å². The molecule has 0 aromatic rings. The van der Waals surface area contributed by atoms with E-state index in [2.05, 4.69) is 15.3 Å². The summed E-state index contributed by atoms with van der Waals surface area (Å²) < 4.78 is 0. The van der Waals surface area contributed by atoms with Crippen LogP contribution in [0.5, 0.6) is 0 Å². The summed E-state index contributed by atoms with van der Waals surface area (Å²) in [6, 6.07) is -0.883. The fourth-order valence-corrected chi connectivity index (χ4v) is 3.88. The molecule has 0 aromatic heterocycles. The van der Waals surface area contributed by atoms with Gasteiger partial charge in [0.1, 0.15) is 29.8 Å². The molecule has 3 atom stereocenters. The lowest BCUT2D eigenvalue weighted by atomic mass is 9.96. The van der Waals surface area contributed by atoms with Crippen molar-refractivity contribution in [2.24, 2.45) is 10.9 Å². The number of β-lactam (4-membered cyclic amide) rings is 1. The van der Waals surface area contributed by atoms with Gasteiger partial charge in [0.05, 0.1) is 6.21 Å². The Morgan fingerprint density at radius 1 is 1.48 bits per heavy atom. The third kappa shape index (κ3) is 4.22. The number of carboxylic acids is 2. The summed E-state index contributed by atoms with van der Waals surface area (Å²) in [5.41, 5.74) is 4.14. The number of carbonyl (C=O) groups excluding carboxylic acids is 2. The second-order valence-corrected chi connectivity index (χ2v) is 7.38. The lowest BCUT2D eigenvalue weighted by Crippen LogP contribution is -2.70. The van der Waals surface area contributed by atoms with E-state index in [4.69, 9.17) is 10.8 Å². The van der Waals surface area contributed by atoms with Crippen LogP contribution in [0.25, 0.3) is 0 Å². The van der Waals surface area contributed by atoms with Gasteiger partial charge in [0.2, 0.25) is 5.91 Å². The van der Waals surface area contributed by atoms with Crippen LogP contribution in [0.3, 0.4) is 0 Å². The number of amides is 2. The van der Waals surface area contributed by atoms with Crippen molar-refractivity contribution < 1.29 is 34.2 Å². The quantitative estimate of drug-likeness (QED) is 0.225. The van der Waals surface area contributed by atoms with E-state index in [0.29, 0.717) is 5.57 Å². The zero-order valence-corrected chi connectivity index (χ0v) is 15.5. The van der Waals surface area contributed by atoms with E-state index < -0.39 is 40.7 Å². The average molecular weight is 400 g/mol. The Morgan fingerprint density at radius 2 is 2.15 bits per heavy atom. The number of thioether (sulfide) groups is 1. The third-order valence-electron chi connectivity index (χ3n) is 4.19. The summed E-state index contributed by atoms with van der Waals surface area (Å²) in [6.45, 7) is 1.29. The first-order valence-corrected chi connectivity index (χ1v) is 8.94. The number of nitrogens with one attached hydrogen (secondary N) is 1. The van der Waals surface area contributed by atoms with E-state index in [9.17, 15) is 24.3 Å². The smallest absolute Gasteiger partial charge is 0.353 e. The van der Waals surface area contributed by atoms with Crippen molar-refractivity contribution in [2.45, 2.75) is 36.7 Å². The van der Waals surface area contributed by atoms with Crippen LogP contribution < -0.4 is 11.1 Å². The summed E-state index contributed by atoms with van der Waals surface area (Å²) in [7, 11) is 1.31. The molecule has 2 heterocycles. The molecule has 2 aliphatic rings. The summed E-state index contributed by atoms with van der Waals surface area (Å²) >= 11 is 1.28. The number of nitrogens with two attached hydrogens (primary N) is 1. The molecule has 0 radical (unpaired) electrons. The van der Waals surface area contributed by atoms with Crippen molar-refractivity contribution in [3.8, 4) is 0 Å². The number of oxime groups is 1. The molecule has 11 nitrogen and oxygen atoms in total. The van der Waals surface area contributed by atoms with Crippen LogP contribution in [0.4, 0.5) is 0 Å². The van der Waals surface area contributed by atoms with Crippen LogP contribution in [-0.2, 0) is 24.0 Å². The fraction of sp³-hybridized carbons (Fsp3) is 0.533. The Balaban J connectivity index is 2.05. The summed E-state index contributed by atoms with van der Waals surface area (Å²) in [6.07, 6.45) is 0.961. The first-order valence-electron chi connectivity index (χ1n) is 7.89. The van der Waals surface area contributed by atoms with Gasteiger partial charge in [-0.1, -0.05) is 5.16 Å². The lowest BCUT2D eigenvalue weighted by molar-refractivity contribution is -0.150. The van der Waals surface area contributed by atoms with E-state index in [-0.39, 0.29) is 24.3 Å². The molecule has 2 rings (SSSR count). The minimum atomic E-state index is -1.55. The molecule has 148 valence electrons. The second kappa shape index (κ2) is 7.96. The number of hydrogen-bond donors (Lipinski definition) is 4. The van der Waals surface area contributed by atoms with Gasteiger partial charge in [-0.2, -0.15) is 0 Å². The molecule has 2 amide bonds. The molecule has 0 bridgehead atoms. The standard InChI is InChI=1S/C15H20N4O7S/c1-15(16,14(24)25)4-3-8(20)18-9-11(21)19-10(13(22)23)7(5-17-26-2)6-27-12(9)19/h5,9,12H,3-4,6,16H2,1-2H3,(H,18,20)(H,22,23)(H,24,25)/t9-,12-,15?/m1/s1. The highest BCUT2D eigenvalue weighted by molar-refractivity contribution is 8.00. The SMILES string of the molecule is CON=CC1=C(C(=O)O)N2C(=O)[C@@H](NC(=O)CCC(C)(N)C(=O)O)[C@H]2SC1. The van der Waals surface area contributed by atoms with Crippen molar-refractivity contribution in [1.82, 2.24) is 10.2 Å². The van der Waals surface area contributed by atoms with Crippen molar-refractivity contribution in [2.75, 3.05) is 12.9 Å². The van der Waals surface area contributed by atoms with Crippen LogP contribution in [-0.4, -0.2) is 74.9 Å². The van der Waals surface area contributed by atoms with Crippen LogP contribution in [0.2, 0.25) is 0 Å². The lowest BCUT2D eigenvalue weighted by Gasteiger charge is -2.49. The molecular formula is C15H20N4O7S. The number of fused-ring (bicyclic) bond motifs is 1. The van der Waals surface area contributed by atoms with E-state index in [1.807, 2.05) is 0 Å². The predicted molar refractivity (Wildman–Crippen MR) is 94.6 cm³/mol. The first-order chi connectivity index (χ1) is 12.6. The molecule has 0 aliphatic carbocycles. The third-order valence-corrected chi connectivity index (χ3v) is 5.49. The van der Waals surface area contributed by atoms with E-state index in [1.165, 1.54) is 32.0 Å². The Bertz CT molecular complexity index is 734. The topological polar surface area (TPSA) is 172 Å². The molecule has 1 saturated heterocycles. The number of aliphatic carboxylic acids is 2. The molecule has 1 fully saturated rings. The van der Waals surface area contributed by atoms with Gasteiger partial charge in [-0.3, -0.25) is 19.3 Å². The van der Waals surface area contributed by atoms with Gasteiger partial charge in [0.15, 0.2) is 0 Å². The molecular weight excluding hydrogens is 380 g/mol. The highest BCUT2D eigenvalue weighted by Crippen LogP contribution is 2.39. The van der Waals surface area contributed by atoms with E-state index >= 15 is 0 Å². The van der Waals surface area contributed by atoms with Gasteiger partial charge in [-0.25, -0.2) is 4.79 Å². The van der Waals surface area contributed by atoms with Gasteiger partial charge in [-0.15, -0.1) is 11.8 Å². The zero-order chi connectivity index (χ0) is 20.4. The Kier molecular flexibility index (Phi) is 6.11. The molecule has 27 heavy (non-hydrogen) atoms. The van der Waals surface area contributed by atoms with Crippen molar-refractivity contribution >= 4 is 41.7 Å². The van der Waals surface area contributed by atoms with Gasteiger partial charge in [-0.05, 0) is 13.3 Å². The molecule has 0 aromatic carbocycles. The van der Waals surface area contributed by atoms with Crippen LogP contribution in [0.1, 0.15) is 19.8 Å². The normalized spacial score (nSPS) is 24.1. The molecule has 0 spiro atoms. The number of nitrogens with zero attached hydrogens (tertiary/aromatic N) is 2. The number of carbonyl (C=O) groups is 4. The van der Waals surface area contributed by atoms with Crippen molar-refractivity contribution in [1.29, 1.82) is 0 Å². The Morgan fingerprint density at radius 3 is 2.70 bits per heavy atom. The van der Waals surface area contributed by atoms with Crippen LogP contribution in [0.15, 0.2) is 16.4 Å². The largest absolute Gasteiger partial charge is 0.480 e. The average Bonchev–Trinajstić information content (AvgIpc) is 2.61. The molecule has 1 unspecified atom stereocenters. The highest BCUT2D eigenvalue weighted by Gasteiger charge is 2.54. The van der Waals surface area contributed by atoms with E-state index in [1.54, 1.807) is 0 Å². The maximum absolute atomic E-state index is 12.4. The second-order valence-electron chi connectivity index (χ2n) is 6.27. The molecule has 5 N–H and O–H groups in total. The van der Waals surface area contributed by atoms with Crippen LogP contribution in [0, 0.1) is 0 Å². The van der Waals surface area contributed by atoms with E-state index in [0.717, 1.165) is 4.90 Å². The highest BCUT2D eigenvalue weighted by atomic mass is 32.2. The molecule has 2 aliphatic heterocycles. The van der Waals surface area contributed by atoms with Crippen LogP contribution >= 0.6 is 11.8 Å². The monoisotopic (exact) mass is 400 g/mol. The maximum Gasteiger partial charge on any atom is 0.353 e. The number of rotatable bonds is 8. The molecule has 12 heteroatoms. The summed E-state index contributed by atoms with van der Waals surface area (Å²) in [5.74, 6) is -3.33. The fourth-order valence-electron chi connectivity index (χ4n) is 2.58. The summed E-state index contributed by atoms with van der Waals surface area (Å²) in [5, 5.41) is 23.9. The minimum Gasteiger partial charge on any atom is -0.480 e. The van der Waals surface area contributed by atoms with Gasteiger partial charge in [0.25, 0.3) is 5.91 Å². The van der Waals surface area contributed by atoms with Gasteiger partial charge < -0.3 is 26.1 Å². The zero-order valence-electron chi connectivity index (χ0n) is 14.7. The number of hydrogen-bond acceptors (Lipinski definition) is 8. The Hall–Kier alpha value is -2.60. The maximum atomic E-state index is 12.4. The van der Waals surface area contributed by atoms with Gasteiger partial charge in [0, 0.05) is 17.7 Å². The Labute approximate surface area is 158 Å². The predicted octanol–water partition coefficient (Wildman–Crippen LogP) is -1.06. The first kappa shape index (κ1) is 20.7. The van der Waals surface area contributed by atoms with Gasteiger partial charge >= 0.3 is 11.9 Å². The number of carboxylic acid groups (broad SMARTS) is 2. The van der Waals surface area contributed by atoms with Crippen molar-refractivity contribution in [3.05, 3.63) is 11.3 Å².